The molecule has 1 aliphatic rings. The lowest BCUT2D eigenvalue weighted by molar-refractivity contribution is 0.0701. The summed E-state index contributed by atoms with van der Waals surface area (Å²) in [7, 11) is 0. The van der Waals surface area contributed by atoms with E-state index in [0.29, 0.717) is 16.5 Å². The molecule has 0 radical (unpaired) electrons. The first-order valence-corrected chi connectivity index (χ1v) is 8.98. The number of halogens is 1. The number of hydrogen-bond acceptors (Lipinski definition) is 4. The van der Waals surface area contributed by atoms with Gasteiger partial charge in [-0.3, -0.25) is 4.79 Å². The average molecular weight is 348 g/mol. The van der Waals surface area contributed by atoms with Crippen LogP contribution in [0.3, 0.4) is 0 Å². The smallest absolute Gasteiger partial charge is 0.265 e. The number of thiazole rings is 1. The first-order valence-electron chi connectivity index (χ1n) is 8.17. The van der Waals surface area contributed by atoms with E-state index in [9.17, 15) is 9.18 Å². The van der Waals surface area contributed by atoms with E-state index in [0.717, 1.165) is 36.6 Å². The van der Waals surface area contributed by atoms with Crippen molar-refractivity contribution in [2.24, 2.45) is 5.92 Å². The number of aryl methyl sites for hydroxylation is 1. The lowest BCUT2D eigenvalue weighted by Crippen LogP contribution is -2.37. The molecule has 0 spiro atoms. The maximum Gasteiger partial charge on any atom is 0.265 e. The van der Waals surface area contributed by atoms with Crippen molar-refractivity contribution in [1.29, 1.82) is 0 Å². The van der Waals surface area contributed by atoms with Crippen LogP contribution in [0.2, 0.25) is 0 Å². The van der Waals surface area contributed by atoms with E-state index >= 15 is 0 Å². The summed E-state index contributed by atoms with van der Waals surface area (Å²) in [6, 6.07) is 5.87. The zero-order valence-corrected chi connectivity index (χ0v) is 14.7. The molecule has 2 aromatic rings. The molecule has 0 atom stereocenters. The van der Waals surface area contributed by atoms with Crippen molar-refractivity contribution >= 4 is 17.2 Å². The normalized spacial score (nSPS) is 15.5. The van der Waals surface area contributed by atoms with Crippen molar-refractivity contribution in [3.8, 4) is 5.75 Å². The van der Waals surface area contributed by atoms with Gasteiger partial charge in [-0.1, -0.05) is 6.92 Å². The molecule has 6 heteroatoms. The van der Waals surface area contributed by atoms with Gasteiger partial charge in [-0.05, 0) is 49.9 Å². The molecule has 0 N–H and O–H groups in total. The molecule has 0 aliphatic carbocycles. The fourth-order valence-corrected chi connectivity index (χ4v) is 3.69. The van der Waals surface area contributed by atoms with Gasteiger partial charge in [0.25, 0.3) is 5.91 Å². The van der Waals surface area contributed by atoms with Crippen LogP contribution in [-0.4, -0.2) is 28.9 Å². The Balaban J connectivity index is 1.64. The van der Waals surface area contributed by atoms with Gasteiger partial charge in [-0.2, -0.15) is 0 Å². The fourth-order valence-electron chi connectivity index (χ4n) is 2.74. The Bertz CT molecular complexity index is 706. The van der Waals surface area contributed by atoms with Gasteiger partial charge in [0.2, 0.25) is 0 Å². The maximum atomic E-state index is 12.9. The van der Waals surface area contributed by atoms with Crippen LogP contribution in [0.25, 0.3) is 0 Å². The Hall–Kier alpha value is -1.95. The molecule has 128 valence electrons. The molecule has 1 amide bonds. The summed E-state index contributed by atoms with van der Waals surface area (Å²) in [4.78, 5) is 19.7. The summed E-state index contributed by atoms with van der Waals surface area (Å²) in [6.45, 7) is 6.00. The van der Waals surface area contributed by atoms with Gasteiger partial charge in [0.05, 0.1) is 5.69 Å². The van der Waals surface area contributed by atoms with E-state index < -0.39 is 0 Å². The number of nitrogens with zero attached hydrogens (tertiary/aromatic N) is 2. The Morgan fingerprint density at radius 3 is 2.67 bits per heavy atom. The van der Waals surface area contributed by atoms with E-state index in [1.807, 2.05) is 11.8 Å². The summed E-state index contributed by atoms with van der Waals surface area (Å²) < 4.78 is 18.5. The number of aromatic nitrogens is 1. The van der Waals surface area contributed by atoms with Gasteiger partial charge in [0, 0.05) is 13.1 Å². The molecule has 2 heterocycles. The highest BCUT2D eigenvalue weighted by Crippen LogP contribution is 2.24. The summed E-state index contributed by atoms with van der Waals surface area (Å²) in [5.41, 5.74) is 0.751. The second-order valence-electron chi connectivity index (χ2n) is 6.24. The number of piperidine rings is 1. The average Bonchev–Trinajstić information content (AvgIpc) is 2.95. The van der Waals surface area contributed by atoms with E-state index in [-0.39, 0.29) is 18.3 Å². The van der Waals surface area contributed by atoms with E-state index in [1.54, 1.807) is 12.1 Å². The van der Waals surface area contributed by atoms with Crippen molar-refractivity contribution < 1.29 is 13.9 Å². The first kappa shape index (κ1) is 16.9. The van der Waals surface area contributed by atoms with Gasteiger partial charge in [0.1, 0.15) is 28.1 Å². The van der Waals surface area contributed by atoms with Crippen molar-refractivity contribution in [2.75, 3.05) is 13.1 Å². The van der Waals surface area contributed by atoms with Crippen molar-refractivity contribution in [1.82, 2.24) is 9.88 Å². The number of rotatable bonds is 4. The molecule has 1 fully saturated rings. The Morgan fingerprint density at radius 2 is 2.00 bits per heavy atom. The van der Waals surface area contributed by atoms with Crippen molar-refractivity contribution in [2.45, 2.75) is 33.3 Å². The SMILES string of the molecule is Cc1nc(COc2ccc(F)cc2)sc1C(=O)N1CCC(C)CC1. The van der Waals surface area contributed by atoms with Crippen LogP contribution in [-0.2, 0) is 6.61 Å². The van der Waals surface area contributed by atoms with E-state index in [1.165, 1.54) is 23.5 Å². The Kier molecular flexibility index (Phi) is 5.14. The Labute approximate surface area is 145 Å². The van der Waals surface area contributed by atoms with Gasteiger partial charge >= 0.3 is 0 Å². The highest BCUT2D eigenvalue weighted by atomic mass is 32.1. The monoisotopic (exact) mass is 348 g/mol. The molecule has 1 saturated heterocycles. The lowest BCUT2D eigenvalue weighted by Gasteiger charge is -2.30. The number of likely N-dealkylation sites (tertiary alicyclic amines) is 1. The minimum absolute atomic E-state index is 0.0740. The summed E-state index contributed by atoms with van der Waals surface area (Å²) in [6.07, 6.45) is 2.12. The van der Waals surface area contributed by atoms with Gasteiger partial charge in [0.15, 0.2) is 0 Å². The van der Waals surface area contributed by atoms with Crippen LogP contribution in [0.15, 0.2) is 24.3 Å². The molecule has 4 nitrogen and oxygen atoms in total. The highest BCUT2D eigenvalue weighted by Gasteiger charge is 2.25. The second-order valence-corrected chi connectivity index (χ2v) is 7.32. The third-order valence-electron chi connectivity index (χ3n) is 4.28. The molecule has 1 aliphatic heterocycles. The quantitative estimate of drug-likeness (QED) is 0.837. The van der Waals surface area contributed by atoms with Gasteiger partial charge < -0.3 is 9.64 Å². The fraction of sp³-hybridized carbons (Fsp3) is 0.444. The molecule has 1 aromatic carbocycles. The van der Waals surface area contributed by atoms with Crippen LogP contribution in [0.1, 0.15) is 40.1 Å². The summed E-state index contributed by atoms with van der Waals surface area (Å²) >= 11 is 1.38. The largest absolute Gasteiger partial charge is 0.486 e. The number of carbonyl (C=O) groups excluding carboxylic acids is 1. The molecule has 24 heavy (non-hydrogen) atoms. The lowest BCUT2D eigenvalue weighted by atomic mass is 9.99. The summed E-state index contributed by atoms with van der Waals surface area (Å²) in [5.74, 6) is 1.06. The molecule has 0 bridgehead atoms. The van der Waals surface area contributed by atoms with Crippen LogP contribution < -0.4 is 4.74 Å². The third kappa shape index (κ3) is 3.93. The number of hydrogen-bond donors (Lipinski definition) is 0. The maximum absolute atomic E-state index is 12.9. The van der Waals surface area contributed by atoms with Gasteiger partial charge in [-0.15, -0.1) is 11.3 Å². The minimum atomic E-state index is -0.295. The third-order valence-corrected chi connectivity index (χ3v) is 5.40. The van der Waals surface area contributed by atoms with E-state index in [2.05, 4.69) is 11.9 Å². The van der Waals surface area contributed by atoms with E-state index in [4.69, 9.17) is 4.74 Å². The van der Waals surface area contributed by atoms with Crippen molar-refractivity contribution in [3.63, 3.8) is 0 Å². The number of amides is 1. The van der Waals surface area contributed by atoms with Crippen LogP contribution in [0, 0.1) is 18.7 Å². The predicted octanol–water partition coefficient (Wildman–Crippen LogP) is 4.04. The number of carbonyl (C=O) groups is 1. The molecule has 0 saturated carbocycles. The number of benzene rings is 1. The standard InChI is InChI=1S/C18H21FN2O2S/c1-12-7-9-21(10-8-12)18(22)17-13(2)20-16(24-17)11-23-15-5-3-14(19)4-6-15/h3-6,12H,7-11H2,1-2H3. The molecular weight excluding hydrogens is 327 g/mol. The summed E-state index contributed by atoms with van der Waals surface area (Å²) in [5, 5.41) is 0.755. The van der Waals surface area contributed by atoms with Crippen LogP contribution in [0.5, 0.6) is 5.75 Å². The topological polar surface area (TPSA) is 42.4 Å². The number of ether oxygens (including phenoxy) is 1. The van der Waals surface area contributed by atoms with Crippen molar-refractivity contribution in [3.05, 3.63) is 45.7 Å². The van der Waals surface area contributed by atoms with Gasteiger partial charge in [-0.25, -0.2) is 9.37 Å². The minimum Gasteiger partial charge on any atom is -0.486 e. The Morgan fingerprint density at radius 1 is 1.33 bits per heavy atom. The van der Waals surface area contributed by atoms with Crippen LogP contribution >= 0.6 is 11.3 Å². The second kappa shape index (κ2) is 7.30. The van der Waals surface area contributed by atoms with Crippen LogP contribution in [0.4, 0.5) is 4.39 Å². The highest BCUT2D eigenvalue weighted by molar-refractivity contribution is 7.13. The predicted molar refractivity (Wildman–Crippen MR) is 91.9 cm³/mol. The first-order chi connectivity index (χ1) is 11.5. The molecule has 3 rings (SSSR count). The zero-order valence-electron chi connectivity index (χ0n) is 13.9. The molecular formula is C18H21FN2O2S. The zero-order chi connectivity index (χ0) is 17.1. The molecule has 0 unspecified atom stereocenters. The molecule has 1 aromatic heterocycles.